The van der Waals surface area contributed by atoms with E-state index in [1.807, 2.05) is 0 Å². The van der Waals surface area contributed by atoms with Gasteiger partial charge in [-0.2, -0.15) is 0 Å². The topological polar surface area (TPSA) is 62.0 Å². The quantitative estimate of drug-likeness (QED) is 0.607. The molecule has 0 saturated heterocycles. The number of phenolic OH excluding ortho intramolecular Hbond substituents is 1. The van der Waals surface area contributed by atoms with Gasteiger partial charge in [-0.15, -0.1) is 10.2 Å². The van der Waals surface area contributed by atoms with Crippen LogP contribution in [0.3, 0.4) is 0 Å². The normalized spacial score (nSPS) is 13.6. The maximum atomic E-state index is 10.8. The van der Waals surface area contributed by atoms with E-state index in [1.165, 1.54) is 12.1 Å². The van der Waals surface area contributed by atoms with Crippen molar-refractivity contribution in [2.24, 2.45) is 10.2 Å². The number of carbonyl (C=O) groups is 1. The summed E-state index contributed by atoms with van der Waals surface area (Å²) in [6, 6.07) is 4.38. The first kappa shape index (κ1) is 6.03. The number of aromatic hydroxyl groups is 1. The monoisotopic (exact) mass is 148 g/mol. The zero-order valence-electron chi connectivity index (χ0n) is 5.48. The molecule has 0 unspecified atom stereocenters. The van der Waals surface area contributed by atoms with E-state index in [-0.39, 0.29) is 5.75 Å². The molecule has 1 heterocycles. The zero-order chi connectivity index (χ0) is 7.84. The van der Waals surface area contributed by atoms with Crippen LogP contribution in [-0.4, -0.2) is 11.0 Å². The molecule has 4 nitrogen and oxygen atoms in total. The Morgan fingerprint density at radius 2 is 2.09 bits per heavy atom. The Kier molecular flexibility index (Phi) is 1.03. The Hall–Kier alpha value is -1.71. The number of amides is 1. The van der Waals surface area contributed by atoms with Crippen LogP contribution in [0.4, 0.5) is 5.69 Å². The van der Waals surface area contributed by atoms with Crippen LogP contribution in [0.15, 0.2) is 28.4 Å². The summed E-state index contributed by atoms with van der Waals surface area (Å²) in [7, 11) is 0. The third-order valence-corrected chi connectivity index (χ3v) is 1.46. The van der Waals surface area contributed by atoms with Gasteiger partial charge in [0, 0.05) is 0 Å². The van der Waals surface area contributed by atoms with Gasteiger partial charge in [-0.25, -0.2) is 0 Å². The van der Waals surface area contributed by atoms with Crippen molar-refractivity contribution >= 4 is 11.6 Å². The van der Waals surface area contributed by atoms with Crippen molar-refractivity contribution in [3.63, 3.8) is 0 Å². The summed E-state index contributed by atoms with van der Waals surface area (Å²) in [6.07, 6.45) is 0. The lowest BCUT2D eigenvalue weighted by Crippen LogP contribution is -1.87. The van der Waals surface area contributed by atoms with Gasteiger partial charge in [0.25, 0.3) is 5.91 Å². The van der Waals surface area contributed by atoms with Gasteiger partial charge >= 0.3 is 0 Å². The highest BCUT2D eigenvalue weighted by atomic mass is 16.3. The standard InChI is InChI=1S/C7H4N2O2/c10-4-1-2-6-5(3-4)7(11)9-8-6/h1-3,10H. The number of hydrogen-bond donors (Lipinski definition) is 1. The van der Waals surface area contributed by atoms with Gasteiger partial charge in [-0.1, -0.05) is 0 Å². The molecule has 0 atom stereocenters. The summed E-state index contributed by atoms with van der Waals surface area (Å²) in [5, 5.41) is 15.9. The molecule has 0 saturated carbocycles. The first-order valence-electron chi connectivity index (χ1n) is 3.06. The molecule has 0 radical (unpaired) electrons. The summed E-state index contributed by atoms with van der Waals surface area (Å²) in [6.45, 7) is 0. The first-order chi connectivity index (χ1) is 5.27. The minimum absolute atomic E-state index is 0.0596. The van der Waals surface area contributed by atoms with E-state index in [0.29, 0.717) is 11.3 Å². The van der Waals surface area contributed by atoms with Gasteiger partial charge < -0.3 is 5.11 Å². The zero-order valence-corrected chi connectivity index (χ0v) is 5.48. The maximum absolute atomic E-state index is 10.8. The van der Waals surface area contributed by atoms with Crippen LogP contribution in [0.1, 0.15) is 10.4 Å². The van der Waals surface area contributed by atoms with Crippen molar-refractivity contribution < 1.29 is 9.90 Å². The lowest BCUT2D eigenvalue weighted by molar-refractivity contribution is 0.100. The van der Waals surface area contributed by atoms with Crippen molar-refractivity contribution in [2.75, 3.05) is 0 Å². The van der Waals surface area contributed by atoms with Gasteiger partial charge in [0.15, 0.2) is 0 Å². The molecular formula is C7H4N2O2. The molecule has 2 rings (SSSR count). The van der Waals surface area contributed by atoms with Gasteiger partial charge in [0.2, 0.25) is 0 Å². The predicted molar refractivity (Wildman–Crippen MR) is 37.0 cm³/mol. The van der Waals surface area contributed by atoms with Gasteiger partial charge in [0.05, 0.1) is 11.3 Å². The number of phenols is 1. The highest BCUT2D eigenvalue weighted by molar-refractivity contribution is 6.02. The van der Waals surface area contributed by atoms with E-state index >= 15 is 0 Å². The highest BCUT2D eigenvalue weighted by Crippen LogP contribution is 2.29. The number of hydrogen-bond acceptors (Lipinski definition) is 3. The third-order valence-electron chi connectivity index (χ3n) is 1.46. The number of benzene rings is 1. The van der Waals surface area contributed by atoms with Crippen LogP contribution in [-0.2, 0) is 0 Å². The van der Waals surface area contributed by atoms with Gasteiger partial charge in [-0.3, -0.25) is 4.79 Å². The average Bonchev–Trinajstić information content (AvgIpc) is 2.33. The molecule has 1 aliphatic rings. The molecular weight excluding hydrogens is 144 g/mol. The van der Waals surface area contributed by atoms with Crippen LogP contribution >= 0.6 is 0 Å². The second-order valence-electron chi connectivity index (χ2n) is 2.21. The maximum Gasteiger partial charge on any atom is 0.297 e. The SMILES string of the molecule is O=C1N=Nc2ccc(O)cc21. The Morgan fingerprint density at radius 1 is 1.27 bits per heavy atom. The van der Waals surface area contributed by atoms with Gasteiger partial charge in [-0.05, 0) is 18.2 Å². The molecule has 0 aliphatic carbocycles. The van der Waals surface area contributed by atoms with E-state index in [4.69, 9.17) is 5.11 Å². The van der Waals surface area contributed by atoms with Crippen molar-refractivity contribution in [1.82, 2.24) is 0 Å². The molecule has 0 spiro atoms. The molecule has 54 valence electrons. The minimum Gasteiger partial charge on any atom is -0.508 e. The number of rotatable bonds is 0. The van der Waals surface area contributed by atoms with E-state index in [1.54, 1.807) is 6.07 Å². The molecule has 1 amide bonds. The molecule has 1 aliphatic heterocycles. The highest BCUT2D eigenvalue weighted by Gasteiger charge is 2.16. The Bertz CT molecular complexity index is 357. The summed E-state index contributed by atoms with van der Waals surface area (Å²) in [5.74, 6) is -0.333. The predicted octanol–water partition coefficient (Wildman–Crippen LogP) is 1.63. The fraction of sp³-hybridized carbons (Fsp3) is 0. The largest absolute Gasteiger partial charge is 0.508 e. The molecule has 0 bridgehead atoms. The van der Waals surface area contributed by atoms with Crippen LogP contribution < -0.4 is 0 Å². The molecule has 1 N–H and O–H groups in total. The number of azo groups is 1. The van der Waals surface area contributed by atoms with Crippen LogP contribution in [0.5, 0.6) is 5.75 Å². The van der Waals surface area contributed by atoms with Crippen molar-refractivity contribution in [1.29, 1.82) is 0 Å². The first-order valence-corrected chi connectivity index (χ1v) is 3.06. The Labute approximate surface area is 62.2 Å². The number of fused-ring (bicyclic) bond motifs is 1. The van der Waals surface area contributed by atoms with E-state index in [9.17, 15) is 4.79 Å². The smallest absolute Gasteiger partial charge is 0.297 e. The molecule has 1 aromatic rings. The fourth-order valence-corrected chi connectivity index (χ4v) is 0.936. The van der Waals surface area contributed by atoms with E-state index < -0.39 is 5.91 Å². The van der Waals surface area contributed by atoms with Crippen LogP contribution in [0, 0.1) is 0 Å². The molecule has 0 fully saturated rings. The second-order valence-corrected chi connectivity index (χ2v) is 2.21. The van der Waals surface area contributed by atoms with Crippen molar-refractivity contribution in [3.8, 4) is 5.75 Å². The van der Waals surface area contributed by atoms with E-state index in [2.05, 4.69) is 10.2 Å². The fourth-order valence-electron chi connectivity index (χ4n) is 0.936. The minimum atomic E-state index is -0.393. The second kappa shape index (κ2) is 1.88. The van der Waals surface area contributed by atoms with Crippen LogP contribution in [0.2, 0.25) is 0 Å². The van der Waals surface area contributed by atoms with Crippen molar-refractivity contribution in [3.05, 3.63) is 23.8 Å². The lowest BCUT2D eigenvalue weighted by atomic mass is 10.2. The third kappa shape index (κ3) is 0.797. The molecule has 0 aromatic heterocycles. The van der Waals surface area contributed by atoms with Crippen LogP contribution in [0.25, 0.3) is 0 Å². The lowest BCUT2D eigenvalue weighted by Gasteiger charge is -1.92. The number of nitrogens with zero attached hydrogens (tertiary/aromatic N) is 2. The Balaban J connectivity index is 2.67. The summed E-state index contributed by atoms with van der Waals surface area (Å²) in [4.78, 5) is 10.8. The Morgan fingerprint density at radius 3 is 2.91 bits per heavy atom. The summed E-state index contributed by atoms with van der Waals surface area (Å²) in [5.41, 5.74) is 0.887. The average molecular weight is 148 g/mol. The number of carbonyl (C=O) groups excluding carboxylic acids is 1. The van der Waals surface area contributed by atoms with Crippen molar-refractivity contribution in [2.45, 2.75) is 0 Å². The van der Waals surface area contributed by atoms with E-state index in [0.717, 1.165) is 0 Å². The molecule has 11 heavy (non-hydrogen) atoms. The molecule has 1 aromatic carbocycles. The van der Waals surface area contributed by atoms with Gasteiger partial charge in [0.1, 0.15) is 5.75 Å². The molecule has 4 heteroatoms. The summed E-state index contributed by atoms with van der Waals surface area (Å²) < 4.78 is 0. The summed E-state index contributed by atoms with van der Waals surface area (Å²) >= 11 is 0.